The van der Waals surface area contributed by atoms with E-state index >= 15 is 0 Å². The van der Waals surface area contributed by atoms with Crippen molar-refractivity contribution in [3.8, 4) is 5.75 Å². The standard InChI is InChI=1S/C14H9Cl2N3O4S/c15-7-1-3-10(16)9(5-7)13(21)18-14(24)17-11-6-8(19(22)23)2-4-12(11)20/h1-6,20H,(H2,17,18,21,24). The monoisotopic (exact) mass is 385 g/mol. The van der Waals surface area contributed by atoms with Crippen molar-refractivity contribution in [2.24, 2.45) is 0 Å². The number of carbonyl (C=O) groups excluding carboxylic acids is 1. The predicted octanol–water partition coefficient (Wildman–Crippen LogP) is 3.73. The van der Waals surface area contributed by atoms with Crippen LogP contribution in [-0.2, 0) is 0 Å². The van der Waals surface area contributed by atoms with Gasteiger partial charge in [-0.3, -0.25) is 20.2 Å². The summed E-state index contributed by atoms with van der Waals surface area (Å²) in [6.45, 7) is 0. The molecular formula is C14H9Cl2N3O4S. The number of rotatable bonds is 3. The fourth-order valence-corrected chi connectivity index (χ4v) is 2.31. The molecule has 0 radical (unpaired) electrons. The number of benzene rings is 2. The fraction of sp³-hybridized carbons (Fsp3) is 0. The number of nitro benzene ring substituents is 1. The Morgan fingerprint density at radius 2 is 1.92 bits per heavy atom. The van der Waals surface area contributed by atoms with Crippen LogP contribution in [0.3, 0.4) is 0 Å². The number of nitrogens with one attached hydrogen (secondary N) is 2. The number of nitrogens with zero attached hydrogens (tertiary/aromatic N) is 1. The van der Waals surface area contributed by atoms with Crippen LogP contribution in [0.1, 0.15) is 10.4 Å². The number of phenolic OH excluding ortho intramolecular Hbond substituents is 1. The van der Waals surface area contributed by atoms with E-state index in [1.807, 2.05) is 0 Å². The first kappa shape index (κ1) is 17.9. The van der Waals surface area contributed by atoms with Crippen LogP contribution in [-0.4, -0.2) is 21.0 Å². The molecular weight excluding hydrogens is 377 g/mol. The molecule has 0 spiro atoms. The molecule has 0 aliphatic carbocycles. The van der Waals surface area contributed by atoms with Crippen LogP contribution < -0.4 is 10.6 Å². The molecule has 3 N–H and O–H groups in total. The van der Waals surface area contributed by atoms with Crippen LogP contribution in [0.2, 0.25) is 10.0 Å². The highest BCUT2D eigenvalue weighted by Gasteiger charge is 2.15. The Morgan fingerprint density at radius 1 is 1.21 bits per heavy atom. The highest BCUT2D eigenvalue weighted by atomic mass is 35.5. The minimum absolute atomic E-state index is 0.0216. The van der Waals surface area contributed by atoms with Gasteiger partial charge in [-0.1, -0.05) is 23.2 Å². The van der Waals surface area contributed by atoms with Crippen molar-refractivity contribution in [3.63, 3.8) is 0 Å². The molecule has 0 aliphatic rings. The van der Waals surface area contributed by atoms with Crippen LogP contribution in [0, 0.1) is 10.1 Å². The lowest BCUT2D eigenvalue weighted by molar-refractivity contribution is -0.384. The zero-order chi connectivity index (χ0) is 17.9. The Labute approximate surface area is 151 Å². The molecule has 0 heterocycles. The first-order chi connectivity index (χ1) is 11.3. The molecule has 2 aromatic rings. The topological polar surface area (TPSA) is 104 Å². The molecule has 24 heavy (non-hydrogen) atoms. The van der Waals surface area contributed by atoms with E-state index in [9.17, 15) is 20.0 Å². The summed E-state index contributed by atoms with van der Waals surface area (Å²) >= 11 is 16.7. The summed E-state index contributed by atoms with van der Waals surface area (Å²) in [5, 5.41) is 25.6. The third-order valence-corrected chi connectivity index (χ3v) is 3.61. The summed E-state index contributed by atoms with van der Waals surface area (Å²) in [6, 6.07) is 7.71. The quantitative estimate of drug-likeness (QED) is 0.321. The SMILES string of the molecule is O=C(NC(=S)Nc1cc([N+](=O)[O-])ccc1O)c1cc(Cl)ccc1Cl. The van der Waals surface area contributed by atoms with Crippen molar-refractivity contribution in [1.29, 1.82) is 0 Å². The lowest BCUT2D eigenvalue weighted by atomic mass is 10.2. The van der Waals surface area contributed by atoms with E-state index in [1.165, 1.54) is 18.2 Å². The number of anilines is 1. The van der Waals surface area contributed by atoms with E-state index in [4.69, 9.17) is 35.4 Å². The van der Waals surface area contributed by atoms with E-state index in [0.29, 0.717) is 5.02 Å². The van der Waals surface area contributed by atoms with E-state index in [2.05, 4.69) is 10.6 Å². The molecule has 0 aromatic heterocycles. The molecule has 124 valence electrons. The van der Waals surface area contributed by atoms with Gasteiger partial charge in [0, 0.05) is 17.2 Å². The molecule has 2 rings (SSSR count). The molecule has 0 saturated heterocycles. The average Bonchev–Trinajstić information content (AvgIpc) is 2.51. The number of hydrogen-bond donors (Lipinski definition) is 3. The normalized spacial score (nSPS) is 10.1. The Morgan fingerprint density at radius 3 is 2.58 bits per heavy atom. The summed E-state index contributed by atoms with van der Waals surface area (Å²) in [5.41, 5.74) is -0.161. The Kier molecular flexibility index (Phi) is 5.55. The maximum absolute atomic E-state index is 12.1. The molecule has 0 unspecified atom stereocenters. The van der Waals surface area contributed by atoms with Crippen LogP contribution >= 0.6 is 35.4 Å². The summed E-state index contributed by atoms with van der Waals surface area (Å²) in [7, 11) is 0. The number of aromatic hydroxyl groups is 1. The second kappa shape index (κ2) is 7.43. The number of halogens is 2. The van der Waals surface area contributed by atoms with Crippen molar-refractivity contribution in [1.82, 2.24) is 5.32 Å². The fourth-order valence-electron chi connectivity index (χ4n) is 1.73. The molecule has 0 atom stereocenters. The number of non-ortho nitro benzene ring substituents is 1. The van der Waals surface area contributed by atoms with Crippen molar-refractivity contribution in [2.75, 3.05) is 5.32 Å². The summed E-state index contributed by atoms with van der Waals surface area (Å²) in [6.07, 6.45) is 0. The lowest BCUT2D eigenvalue weighted by Gasteiger charge is -2.11. The van der Waals surface area contributed by atoms with E-state index in [1.54, 1.807) is 0 Å². The van der Waals surface area contributed by atoms with E-state index in [0.717, 1.165) is 18.2 Å². The average molecular weight is 386 g/mol. The largest absolute Gasteiger partial charge is 0.506 e. The van der Waals surface area contributed by atoms with Gasteiger partial charge in [-0.05, 0) is 36.5 Å². The first-order valence-corrected chi connectivity index (χ1v) is 7.49. The zero-order valence-corrected chi connectivity index (χ0v) is 14.1. The minimum atomic E-state index is -0.627. The third-order valence-electron chi connectivity index (χ3n) is 2.84. The van der Waals surface area contributed by atoms with Gasteiger partial charge in [0.15, 0.2) is 5.11 Å². The molecule has 1 amide bonds. The number of hydrogen-bond acceptors (Lipinski definition) is 5. The van der Waals surface area contributed by atoms with Gasteiger partial charge in [0.2, 0.25) is 0 Å². The summed E-state index contributed by atoms with van der Waals surface area (Å²) in [4.78, 5) is 22.2. The first-order valence-electron chi connectivity index (χ1n) is 6.32. The minimum Gasteiger partial charge on any atom is -0.506 e. The van der Waals surface area contributed by atoms with Crippen molar-refractivity contribution >= 4 is 57.8 Å². The lowest BCUT2D eigenvalue weighted by Crippen LogP contribution is -2.34. The number of amides is 1. The van der Waals surface area contributed by atoms with Crippen molar-refractivity contribution < 1.29 is 14.8 Å². The van der Waals surface area contributed by atoms with Gasteiger partial charge in [0.1, 0.15) is 5.75 Å². The van der Waals surface area contributed by atoms with Crippen LogP contribution in [0.15, 0.2) is 36.4 Å². The van der Waals surface area contributed by atoms with Gasteiger partial charge in [0.25, 0.3) is 11.6 Å². The third kappa shape index (κ3) is 4.31. The molecule has 0 fully saturated rings. The number of thiocarbonyl (C=S) groups is 1. The van der Waals surface area contributed by atoms with E-state index < -0.39 is 10.8 Å². The summed E-state index contributed by atoms with van der Waals surface area (Å²) in [5.74, 6) is -0.886. The molecule has 7 nitrogen and oxygen atoms in total. The number of nitro groups is 1. The van der Waals surface area contributed by atoms with Gasteiger partial charge < -0.3 is 10.4 Å². The van der Waals surface area contributed by atoms with Gasteiger partial charge in [-0.25, -0.2) is 0 Å². The van der Waals surface area contributed by atoms with Gasteiger partial charge >= 0.3 is 0 Å². The summed E-state index contributed by atoms with van der Waals surface area (Å²) < 4.78 is 0. The Bertz CT molecular complexity index is 845. The van der Waals surface area contributed by atoms with Gasteiger partial charge in [0.05, 0.1) is 21.2 Å². The van der Waals surface area contributed by atoms with E-state index in [-0.39, 0.29) is 32.8 Å². The van der Waals surface area contributed by atoms with Crippen LogP contribution in [0.5, 0.6) is 5.75 Å². The Hall–Kier alpha value is -2.42. The maximum atomic E-state index is 12.1. The highest BCUT2D eigenvalue weighted by Crippen LogP contribution is 2.27. The Balaban J connectivity index is 2.13. The van der Waals surface area contributed by atoms with Crippen LogP contribution in [0.25, 0.3) is 0 Å². The highest BCUT2D eigenvalue weighted by molar-refractivity contribution is 7.80. The molecule has 0 saturated carbocycles. The van der Waals surface area contributed by atoms with Crippen molar-refractivity contribution in [2.45, 2.75) is 0 Å². The predicted molar refractivity (Wildman–Crippen MR) is 94.9 cm³/mol. The molecule has 0 aliphatic heterocycles. The molecule has 2 aromatic carbocycles. The van der Waals surface area contributed by atoms with Crippen molar-refractivity contribution in [3.05, 3.63) is 62.1 Å². The van der Waals surface area contributed by atoms with Gasteiger partial charge in [-0.2, -0.15) is 0 Å². The second-order valence-electron chi connectivity index (χ2n) is 4.49. The smallest absolute Gasteiger partial charge is 0.271 e. The zero-order valence-electron chi connectivity index (χ0n) is 11.7. The van der Waals surface area contributed by atoms with Crippen LogP contribution in [0.4, 0.5) is 11.4 Å². The second-order valence-corrected chi connectivity index (χ2v) is 5.74. The molecule has 10 heteroatoms. The number of carbonyl (C=O) groups is 1. The number of phenols is 1. The maximum Gasteiger partial charge on any atom is 0.271 e. The van der Waals surface area contributed by atoms with Gasteiger partial charge in [-0.15, -0.1) is 0 Å². The molecule has 0 bridgehead atoms.